The van der Waals surface area contributed by atoms with Crippen LogP contribution in [0.1, 0.15) is 42.0 Å². The second-order valence-electron chi connectivity index (χ2n) is 5.64. The molecule has 1 fully saturated rings. The highest BCUT2D eigenvalue weighted by Gasteiger charge is 2.68. The monoisotopic (exact) mass is 316 g/mol. The zero-order valence-corrected chi connectivity index (χ0v) is 11.9. The van der Waals surface area contributed by atoms with Crippen molar-refractivity contribution in [2.24, 2.45) is 11.0 Å². The quantitative estimate of drug-likeness (QED) is 0.866. The van der Waals surface area contributed by atoms with Gasteiger partial charge in [0.2, 0.25) is 0 Å². The van der Waals surface area contributed by atoms with Gasteiger partial charge in [-0.05, 0) is 38.3 Å². The lowest BCUT2D eigenvalue weighted by Gasteiger charge is -2.37. The molecule has 2 aliphatic rings. The van der Waals surface area contributed by atoms with Crippen LogP contribution in [0.15, 0.2) is 21.7 Å². The lowest BCUT2D eigenvalue weighted by atomic mass is 9.80. The number of carbonyl (C=O) groups is 1. The Balaban J connectivity index is 2.03. The number of rotatable bonds is 1. The number of aryl methyl sites for hydroxylation is 1. The molecule has 0 radical (unpaired) electrons. The number of fused-ring (bicyclic) bond motifs is 1. The van der Waals surface area contributed by atoms with Crippen molar-refractivity contribution in [3.8, 4) is 0 Å². The molecular formula is C14H15F3N2O3. The molecular weight excluding hydrogens is 301 g/mol. The first-order valence-electron chi connectivity index (χ1n) is 7.02. The van der Waals surface area contributed by atoms with Crippen LogP contribution in [0.25, 0.3) is 0 Å². The SMILES string of the molecule is Cc1ccc(C(=O)N2N=C3CCCC[C@H]3[C@]2(O)C(F)(F)F)o1. The second kappa shape index (κ2) is 4.84. The van der Waals surface area contributed by atoms with Gasteiger partial charge in [0, 0.05) is 5.71 Å². The molecule has 0 unspecified atom stereocenters. The number of hydrazone groups is 1. The third kappa shape index (κ3) is 2.05. The molecule has 1 aromatic rings. The predicted molar refractivity (Wildman–Crippen MR) is 70.0 cm³/mol. The molecule has 1 amide bonds. The van der Waals surface area contributed by atoms with Gasteiger partial charge in [0.1, 0.15) is 5.76 Å². The predicted octanol–water partition coefficient (Wildman–Crippen LogP) is 2.84. The normalized spacial score (nSPS) is 28.5. The Morgan fingerprint density at radius 1 is 1.45 bits per heavy atom. The van der Waals surface area contributed by atoms with E-state index in [1.807, 2.05) is 0 Å². The Morgan fingerprint density at radius 3 is 2.77 bits per heavy atom. The molecule has 3 rings (SSSR count). The number of furan rings is 1. The summed E-state index contributed by atoms with van der Waals surface area (Å²) >= 11 is 0. The molecule has 22 heavy (non-hydrogen) atoms. The highest BCUT2D eigenvalue weighted by atomic mass is 19.4. The van der Waals surface area contributed by atoms with E-state index in [0.717, 1.165) is 0 Å². The summed E-state index contributed by atoms with van der Waals surface area (Å²) in [5.74, 6) is -2.18. The number of hydrogen-bond donors (Lipinski definition) is 1. The van der Waals surface area contributed by atoms with E-state index in [4.69, 9.17) is 4.42 Å². The number of aliphatic hydroxyl groups is 1. The summed E-state index contributed by atoms with van der Waals surface area (Å²) in [5.41, 5.74) is -3.08. The second-order valence-corrected chi connectivity index (χ2v) is 5.64. The fraction of sp³-hybridized carbons (Fsp3) is 0.571. The summed E-state index contributed by atoms with van der Waals surface area (Å²) in [6, 6.07) is 2.74. The number of halogens is 3. The van der Waals surface area contributed by atoms with E-state index in [0.29, 0.717) is 25.0 Å². The van der Waals surface area contributed by atoms with Gasteiger partial charge in [-0.25, -0.2) is 0 Å². The Kier molecular flexibility index (Phi) is 3.32. The number of alkyl halides is 3. The molecule has 1 aromatic heterocycles. The maximum atomic E-state index is 13.5. The maximum absolute atomic E-state index is 13.5. The molecule has 0 saturated heterocycles. The first-order chi connectivity index (χ1) is 10.2. The maximum Gasteiger partial charge on any atom is 0.439 e. The highest BCUT2D eigenvalue weighted by molar-refractivity contribution is 5.98. The molecule has 1 saturated carbocycles. The Morgan fingerprint density at radius 2 is 2.18 bits per heavy atom. The van der Waals surface area contributed by atoms with Gasteiger partial charge >= 0.3 is 12.1 Å². The van der Waals surface area contributed by atoms with Crippen molar-refractivity contribution < 1.29 is 27.5 Å². The standard InChI is InChI=1S/C14H15F3N2O3/c1-8-6-7-11(22-8)12(20)19-13(21,14(15,16)17)9-4-2-3-5-10(9)18-19/h6-7,9,21H,2-5H2,1H3/t9-,13+/m1/s1. The van der Waals surface area contributed by atoms with Crippen LogP contribution in [0.5, 0.6) is 0 Å². The van der Waals surface area contributed by atoms with Crippen molar-refractivity contribution in [3.63, 3.8) is 0 Å². The first-order valence-corrected chi connectivity index (χ1v) is 7.02. The minimum atomic E-state index is -5.00. The van der Waals surface area contributed by atoms with E-state index in [2.05, 4.69) is 5.10 Å². The van der Waals surface area contributed by atoms with Gasteiger partial charge in [0.15, 0.2) is 5.76 Å². The molecule has 1 N–H and O–H groups in total. The number of hydrogen-bond acceptors (Lipinski definition) is 4. The zero-order valence-electron chi connectivity index (χ0n) is 11.9. The van der Waals surface area contributed by atoms with Crippen LogP contribution in [-0.4, -0.2) is 33.6 Å². The minimum absolute atomic E-state index is 0.149. The average Bonchev–Trinajstić information content (AvgIpc) is 3.01. The van der Waals surface area contributed by atoms with Gasteiger partial charge in [-0.2, -0.15) is 23.3 Å². The molecule has 5 nitrogen and oxygen atoms in total. The Labute approximate surface area is 124 Å². The molecule has 120 valence electrons. The van der Waals surface area contributed by atoms with Gasteiger partial charge in [-0.1, -0.05) is 6.42 Å². The summed E-state index contributed by atoms with van der Waals surface area (Å²) in [5, 5.41) is 14.3. The van der Waals surface area contributed by atoms with Gasteiger partial charge < -0.3 is 9.52 Å². The molecule has 2 atom stereocenters. The van der Waals surface area contributed by atoms with Crippen molar-refractivity contribution in [1.29, 1.82) is 0 Å². The molecule has 0 aromatic carbocycles. The van der Waals surface area contributed by atoms with E-state index in [9.17, 15) is 23.1 Å². The van der Waals surface area contributed by atoms with Gasteiger partial charge in [-0.3, -0.25) is 4.79 Å². The molecule has 0 bridgehead atoms. The number of nitrogens with zero attached hydrogens (tertiary/aromatic N) is 2. The van der Waals surface area contributed by atoms with E-state index < -0.39 is 23.7 Å². The fourth-order valence-corrected chi connectivity index (χ4v) is 3.07. The minimum Gasteiger partial charge on any atom is -0.456 e. The van der Waals surface area contributed by atoms with Crippen LogP contribution in [0.2, 0.25) is 0 Å². The van der Waals surface area contributed by atoms with Crippen LogP contribution in [0, 0.1) is 12.8 Å². The molecule has 1 aliphatic carbocycles. The van der Waals surface area contributed by atoms with Gasteiger partial charge in [0.05, 0.1) is 5.92 Å². The lowest BCUT2D eigenvalue weighted by molar-refractivity contribution is -0.312. The lowest BCUT2D eigenvalue weighted by Crippen LogP contribution is -2.61. The van der Waals surface area contributed by atoms with Crippen LogP contribution in [0.3, 0.4) is 0 Å². The third-order valence-electron chi connectivity index (χ3n) is 4.18. The van der Waals surface area contributed by atoms with E-state index >= 15 is 0 Å². The van der Waals surface area contributed by atoms with Crippen molar-refractivity contribution in [2.45, 2.75) is 44.5 Å². The van der Waals surface area contributed by atoms with Crippen molar-refractivity contribution in [2.75, 3.05) is 0 Å². The number of carbonyl (C=O) groups excluding carboxylic acids is 1. The highest BCUT2D eigenvalue weighted by Crippen LogP contribution is 2.48. The molecule has 0 spiro atoms. The summed E-state index contributed by atoms with van der Waals surface area (Å²) in [7, 11) is 0. The largest absolute Gasteiger partial charge is 0.456 e. The third-order valence-corrected chi connectivity index (χ3v) is 4.18. The van der Waals surface area contributed by atoms with Crippen LogP contribution in [-0.2, 0) is 0 Å². The van der Waals surface area contributed by atoms with Gasteiger partial charge in [-0.15, -0.1) is 0 Å². The average molecular weight is 316 g/mol. The summed E-state index contributed by atoms with van der Waals surface area (Å²) in [6.45, 7) is 1.57. The number of amides is 1. The van der Waals surface area contributed by atoms with Gasteiger partial charge in [0.25, 0.3) is 5.72 Å². The van der Waals surface area contributed by atoms with Crippen molar-refractivity contribution in [1.82, 2.24) is 5.01 Å². The van der Waals surface area contributed by atoms with E-state index in [-0.39, 0.29) is 22.9 Å². The molecule has 1 aliphatic heterocycles. The zero-order chi connectivity index (χ0) is 16.1. The summed E-state index contributed by atoms with van der Waals surface area (Å²) in [6.07, 6.45) is -3.24. The fourth-order valence-electron chi connectivity index (χ4n) is 3.07. The van der Waals surface area contributed by atoms with E-state index in [1.54, 1.807) is 6.92 Å². The van der Waals surface area contributed by atoms with Crippen LogP contribution >= 0.6 is 0 Å². The molecule has 2 heterocycles. The topological polar surface area (TPSA) is 66.0 Å². The van der Waals surface area contributed by atoms with Crippen molar-refractivity contribution >= 4 is 11.6 Å². The van der Waals surface area contributed by atoms with E-state index in [1.165, 1.54) is 12.1 Å². The van der Waals surface area contributed by atoms with Crippen LogP contribution < -0.4 is 0 Å². The van der Waals surface area contributed by atoms with Crippen LogP contribution in [0.4, 0.5) is 13.2 Å². The smallest absolute Gasteiger partial charge is 0.439 e. The molecule has 8 heteroatoms. The first kappa shape index (κ1) is 15.1. The van der Waals surface area contributed by atoms with Crippen molar-refractivity contribution in [3.05, 3.63) is 23.7 Å². The summed E-state index contributed by atoms with van der Waals surface area (Å²) < 4.78 is 45.6. The summed E-state index contributed by atoms with van der Waals surface area (Å²) in [4.78, 5) is 12.3. The Bertz CT molecular complexity index is 638. The Hall–Kier alpha value is -1.83.